The molecule has 0 aromatic heterocycles. The lowest BCUT2D eigenvalue weighted by atomic mass is 10.1. The van der Waals surface area contributed by atoms with Crippen LogP contribution in [0.3, 0.4) is 0 Å². The molecule has 0 aliphatic carbocycles. The highest BCUT2D eigenvalue weighted by Gasteiger charge is 2.08. The highest BCUT2D eigenvalue weighted by atomic mass is 35.5. The zero-order chi connectivity index (χ0) is 12.1. The van der Waals surface area contributed by atoms with E-state index in [1.54, 1.807) is 6.07 Å². The molecule has 0 radical (unpaired) electrons. The fourth-order valence-corrected chi connectivity index (χ4v) is 1.76. The summed E-state index contributed by atoms with van der Waals surface area (Å²) in [5.74, 6) is -0.623. The molecule has 5 heteroatoms. The fourth-order valence-electron chi connectivity index (χ4n) is 1.76. The molecule has 3 nitrogen and oxygen atoms in total. The predicted molar refractivity (Wildman–Crippen MR) is 71.6 cm³/mol. The fraction of sp³-hybridized carbons (Fsp3) is 0.308. The van der Waals surface area contributed by atoms with Gasteiger partial charge in [-0.25, -0.2) is 4.39 Å². The van der Waals surface area contributed by atoms with Gasteiger partial charge in [0.05, 0.1) is 0 Å². The molecule has 0 atom stereocenters. The number of amides is 1. The number of carbonyl (C=O) groups is 1. The van der Waals surface area contributed by atoms with Crippen LogP contribution in [-0.2, 0) is 0 Å². The quantitative estimate of drug-likeness (QED) is 0.824. The highest BCUT2D eigenvalue weighted by Crippen LogP contribution is 2.05. The minimum atomic E-state index is -0.390. The van der Waals surface area contributed by atoms with E-state index >= 15 is 0 Å². The first-order chi connectivity index (χ1) is 8.25. The van der Waals surface area contributed by atoms with E-state index in [0.29, 0.717) is 12.1 Å². The van der Waals surface area contributed by atoms with Gasteiger partial charge in [0, 0.05) is 18.7 Å². The number of benzene rings is 1. The van der Waals surface area contributed by atoms with Gasteiger partial charge in [0.1, 0.15) is 5.82 Å². The smallest absolute Gasteiger partial charge is 0.251 e. The second-order valence-electron chi connectivity index (χ2n) is 4.01. The van der Waals surface area contributed by atoms with Gasteiger partial charge in [0.2, 0.25) is 0 Å². The van der Waals surface area contributed by atoms with Gasteiger partial charge >= 0.3 is 0 Å². The molecular formula is C13H16ClFN2O. The maximum Gasteiger partial charge on any atom is 0.251 e. The molecule has 1 aromatic rings. The summed E-state index contributed by atoms with van der Waals surface area (Å²) in [4.78, 5) is 11.7. The van der Waals surface area contributed by atoms with Crippen molar-refractivity contribution in [3.8, 4) is 0 Å². The zero-order valence-electron chi connectivity index (χ0n) is 9.91. The number of halogens is 2. The maximum absolute atomic E-state index is 12.9. The summed E-state index contributed by atoms with van der Waals surface area (Å²) in [7, 11) is 0. The molecule has 0 bridgehead atoms. The normalized spacial score (nSPS) is 14.4. The van der Waals surface area contributed by atoms with Gasteiger partial charge in [-0.05, 0) is 31.2 Å². The van der Waals surface area contributed by atoms with Crippen molar-refractivity contribution < 1.29 is 9.18 Å². The lowest BCUT2D eigenvalue weighted by Crippen LogP contribution is -2.29. The van der Waals surface area contributed by atoms with Gasteiger partial charge in [0.15, 0.2) is 0 Å². The molecule has 2 rings (SSSR count). The van der Waals surface area contributed by atoms with Crippen LogP contribution in [0.5, 0.6) is 0 Å². The average Bonchev–Trinajstić information content (AvgIpc) is 2.37. The number of hydrogen-bond donors (Lipinski definition) is 2. The summed E-state index contributed by atoms with van der Waals surface area (Å²) in [5, 5.41) is 6.00. The molecule has 1 aromatic carbocycles. The molecule has 0 saturated carbocycles. The summed E-state index contributed by atoms with van der Waals surface area (Å²) in [5.41, 5.74) is 1.58. The van der Waals surface area contributed by atoms with Crippen molar-refractivity contribution in [1.29, 1.82) is 0 Å². The molecule has 0 spiro atoms. The first kappa shape index (κ1) is 14.7. The Morgan fingerprint density at radius 2 is 2.28 bits per heavy atom. The molecule has 1 amide bonds. The molecule has 1 aliphatic heterocycles. The summed E-state index contributed by atoms with van der Waals surface area (Å²) in [6.45, 7) is 2.34. The number of rotatable bonds is 3. The van der Waals surface area contributed by atoms with Crippen LogP contribution in [0.15, 0.2) is 35.9 Å². The highest BCUT2D eigenvalue weighted by molar-refractivity contribution is 5.94. The van der Waals surface area contributed by atoms with E-state index in [0.717, 1.165) is 19.5 Å². The van der Waals surface area contributed by atoms with E-state index in [1.165, 1.54) is 23.8 Å². The molecule has 0 fully saturated rings. The molecular weight excluding hydrogens is 255 g/mol. The Balaban J connectivity index is 0.00000162. The standard InChI is InChI=1S/C13H15FN2O.ClH/c14-12-3-1-2-11(8-12)13(17)16-9-10-4-6-15-7-5-10;/h1-4,8,15H,5-7,9H2,(H,16,17);1H. The van der Waals surface area contributed by atoms with E-state index in [1.807, 2.05) is 0 Å². The summed E-state index contributed by atoms with van der Waals surface area (Å²) in [6.07, 6.45) is 3.03. The lowest BCUT2D eigenvalue weighted by Gasteiger charge is -2.14. The summed E-state index contributed by atoms with van der Waals surface area (Å²) >= 11 is 0. The predicted octanol–water partition coefficient (Wildman–Crippen LogP) is 1.90. The van der Waals surface area contributed by atoms with Crippen LogP contribution in [0.25, 0.3) is 0 Å². The molecule has 0 unspecified atom stereocenters. The van der Waals surface area contributed by atoms with Gasteiger partial charge in [-0.1, -0.05) is 17.7 Å². The van der Waals surface area contributed by atoms with E-state index in [-0.39, 0.29) is 18.3 Å². The van der Waals surface area contributed by atoms with Crippen molar-refractivity contribution in [3.63, 3.8) is 0 Å². The third kappa shape index (κ3) is 4.13. The Bertz CT molecular complexity index is 448. The van der Waals surface area contributed by atoms with Crippen molar-refractivity contribution in [3.05, 3.63) is 47.3 Å². The Morgan fingerprint density at radius 1 is 1.44 bits per heavy atom. The zero-order valence-corrected chi connectivity index (χ0v) is 10.7. The SMILES string of the molecule is Cl.O=C(NCC1=CCNCC1)c1cccc(F)c1. The number of hydrogen-bond acceptors (Lipinski definition) is 2. The first-order valence-corrected chi connectivity index (χ1v) is 5.68. The maximum atomic E-state index is 12.9. The molecule has 0 saturated heterocycles. The third-order valence-electron chi connectivity index (χ3n) is 2.72. The van der Waals surface area contributed by atoms with Gasteiger partial charge in [-0.15, -0.1) is 12.4 Å². The van der Waals surface area contributed by atoms with Gasteiger partial charge in [0.25, 0.3) is 5.91 Å². The minimum absolute atomic E-state index is 0. The Morgan fingerprint density at radius 3 is 2.94 bits per heavy atom. The Labute approximate surface area is 112 Å². The van der Waals surface area contributed by atoms with Crippen molar-refractivity contribution in [2.75, 3.05) is 19.6 Å². The van der Waals surface area contributed by atoms with E-state index in [9.17, 15) is 9.18 Å². The van der Waals surface area contributed by atoms with Crippen LogP contribution < -0.4 is 10.6 Å². The van der Waals surface area contributed by atoms with Crippen LogP contribution in [0, 0.1) is 5.82 Å². The average molecular weight is 271 g/mol. The molecule has 2 N–H and O–H groups in total. The largest absolute Gasteiger partial charge is 0.348 e. The van der Waals surface area contributed by atoms with Crippen molar-refractivity contribution in [2.45, 2.75) is 6.42 Å². The molecule has 98 valence electrons. The van der Waals surface area contributed by atoms with Crippen LogP contribution in [-0.4, -0.2) is 25.5 Å². The first-order valence-electron chi connectivity index (χ1n) is 5.68. The summed E-state index contributed by atoms with van der Waals surface area (Å²) in [6, 6.07) is 5.71. The monoisotopic (exact) mass is 270 g/mol. The van der Waals surface area contributed by atoms with Crippen LogP contribution in [0.4, 0.5) is 4.39 Å². The molecule has 1 heterocycles. The minimum Gasteiger partial charge on any atom is -0.348 e. The number of carbonyl (C=O) groups excluding carboxylic acids is 1. The molecule has 1 aliphatic rings. The summed E-state index contributed by atoms with van der Waals surface area (Å²) < 4.78 is 12.9. The second-order valence-corrected chi connectivity index (χ2v) is 4.01. The van der Waals surface area contributed by atoms with Gasteiger partial charge in [-0.3, -0.25) is 4.79 Å². The second kappa shape index (κ2) is 7.13. The number of nitrogens with one attached hydrogen (secondary N) is 2. The van der Waals surface area contributed by atoms with Crippen LogP contribution in [0.2, 0.25) is 0 Å². The van der Waals surface area contributed by atoms with E-state index in [2.05, 4.69) is 16.7 Å². The Hall–Kier alpha value is -1.39. The van der Waals surface area contributed by atoms with E-state index in [4.69, 9.17) is 0 Å². The van der Waals surface area contributed by atoms with Gasteiger partial charge < -0.3 is 10.6 Å². The molecule has 18 heavy (non-hydrogen) atoms. The van der Waals surface area contributed by atoms with Crippen LogP contribution in [0.1, 0.15) is 16.8 Å². The topological polar surface area (TPSA) is 41.1 Å². The lowest BCUT2D eigenvalue weighted by molar-refractivity contribution is 0.0956. The van der Waals surface area contributed by atoms with Crippen molar-refractivity contribution >= 4 is 18.3 Å². The third-order valence-corrected chi connectivity index (χ3v) is 2.72. The van der Waals surface area contributed by atoms with Gasteiger partial charge in [-0.2, -0.15) is 0 Å². The van der Waals surface area contributed by atoms with E-state index < -0.39 is 5.82 Å². The van der Waals surface area contributed by atoms with Crippen molar-refractivity contribution in [2.24, 2.45) is 0 Å². The Kier molecular flexibility index (Phi) is 5.82. The van der Waals surface area contributed by atoms with Crippen molar-refractivity contribution in [1.82, 2.24) is 10.6 Å². The van der Waals surface area contributed by atoms with Crippen LogP contribution >= 0.6 is 12.4 Å².